The van der Waals surface area contributed by atoms with Crippen LogP contribution in [-0.4, -0.2) is 6.04 Å². The van der Waals surface area contributed by atoms with E-state index in [4.69, 9.17) is 5.73 Å². The molecule has 0 amide bonds. The van der Waals surface area contributed by atoms with E-state index < -0.39 is 0 Å². The molecule has 0 saturated heterocycles. The van der Waals surface area contributed by atoms with Crippen molar-refractivity contribution in [2.75, 3.05) is 0 Å². The molecule has 0 aromatic heterocycles. The Labute approximate surface area is 189 Å². The summed E-state index contributed by atoms with van der Waals surface area (Å²) in [6, 6.07) is 13.6. The molecule has 2 N–H and O–H groups in total. The third kappa shape index (κ3) is 4.95. The van der Waals surface area contributed by atoms with Gasteiger partial charge in [0.1, 0.15) is 0 Å². The standard InChI is InChI=1S/C30H39N/c1-8-20(4)24(9-2)16-25-12-10-11-21(5)30(25)26-17-28(29(31)18-26)23(7)27-14-13-19(3)15-22(27)6/h10-15,20,26,29H,2,8,16-18,31H2,1,3-7H3/b28-23+. The first-order valence-corrected chi connectivity index (χ1v) is 11.8. The van der Waals surface area contributed by atoms with Crippen LogP contribution >= 0.6 is 0 Å². The highest BCUT2D eigenvalue weighted by molar-refractivity contribution is 5.71. The molecule has 0 radical (unpaired) electrons. The Bertz CT molecular complexity index is 1030. The normalized spacial score (nSPS) is 21.0. The molecule has 1 nitrogen and oxygen atoms in total. The number of rotatable bonds is 6. The molecule has 31 heavy (non-hydrogen) atoms. The molecule has 164 valence electrons. The number of hydrogen-bond acceptors (Lipinski definition) is 1. The molecule has 3 atom stereocenters. The Morgan fingerprint density at radius 3 is 2.55 bits per heavy atom. The molecular weight excluding hydrogens is 374 g/mol. The van der Waals surface area contributed by atoms with Gasteiger partial charge in [0.05, 0.1) is 0 Å². The number of nitrogens with two attached hydrogens (primary N) is 1. The average Bonchev–Trinajstić information content (AvgIpc) is 3.12. The van der Waals surface area contributed by atoms with Gasteiger partial charge in [-0.15, -0.1) is 5.73 Å². The van der Waals surface area contributed by atoms with E-state index >= 15 is 0 Å². The summed E-state index contributed by atoms with van der Waals surface area (Å²) in [6.45, 7) is 17.4. The highest BCUT2D eigenvalue weighted by Crippen LogP contribution is 2.43. The summed E-state index contributed by atoms with van der Waals surface area (Å²) in [5, 5.41) is 0. The van der Waals surface area contributed by atoms with E-state index in [0.29, 0.717) is 11.8 Å². The predicted molar refractivity (Wildman–Crippen MR) is 135 cm³/mol. The van der Waals surface area contributed by atoms with E-state index in [1.807, 2.05) is 0 Å². The van der Waals surface area contributed by atoms with Crippen molar-refractivity contribution >= 4 is 5.57 Å². The summed E-state index contributed by atoms with van der Waals surface area (Å²) in [4.78, 5) is 0. The van der Waals surface area contributed by atoms with Crippen molar-refractivity contribution in [2.24, 2.45) is 11.7 Å². The Balaban J connectivity index is 1.97. The van der Waals surface area contributed by atoms with Gasteiger partial charge in [-0.05, 0) is 103 Å². The Kier molecular flexibility index (Phi) is 7.42. The van der Waals surface area contributed by atoms with Gasteiger partial charge >= 0.3 is 0 Å². The van der Waals surface area contributed by atoms with Gasteiger partial charge in [0, 0.05) is 12.5 Å². The molecule has 0 aliphatic heterocycles. The second-order valence-corrected chi connectivity index (χ2v) is 9.55. The van der Waals surface area contributed by atoms with Crippen molar-refractivity contribution in [3.05, 3.63) is 93.2 Å². The van der Waals surface area contributed by atoms with Gasteiger partial charge < -0.3 is 5.73 Å². The van der Waals surface area contributed by atoms with Crippen molar-refractivity contribution in [3.8, 4) is 0 Å². The summed E-state index contributed by atoms with van der Waals surface area (Å²) < 4.78 is 0. The highest BCUT2D eigenvalue weighted by Gasteiger charge is 2.32. The number of allylic oxidation sites excluding steroid dienone is 2. The highest BCUT2D eigenvalue weighted by atomic mass is 14.7. The molecule has 3 unspecified atom stereocenters. The van der Waals surface area contributed by atoms with Crippen molar-refractivity contribution in [2.45, 2.75) is 79.2 Å². The van der Waals surface area contributed by atoms with E-state index in [1.54, 1.807) is 0 Å². The van der Waals surface area contributed by atoms with E-state index in [0.717, 1.165) is 25.7 Å². The van der Waals surface area contributed by atoms with Gasteiger partial charge in [-0.2, -0.15) is 0 Å². The fourth-order valence-electron chi connectivity index (χ4n) is 5.35. The Morgan fingerprint density at radius 2 is 1.90 bits per heavy atom. The summed E-state index contributed by atoms with van der Waals surface area (Å²) in [7, 11) is 0. The molecule has 1 heteroatoms. The zero-order valence-electron chi connectivity index (χ0n) is 20.3. The van der Waals surface area contributed by atoms with Crippen LogP contribution in [-0.2, 0) is 6.42 Å². The fraction of sp³-hybridized carbons (Fsp3) is 0.433. The molecule has 2 aromatic carbocycles. The monoisotopic (exact) mass is 413 g/mol. The van der Waals surface area contributed by atoms with Crippen LogP contribution in [0, 0.1) is 26.7 Å². The lowest BCUT2D eigenvalue weighted by molar-refractivity contribution is 0.632. The number of hydrogen-bond donors (Lipinski definition) is 1. The molecule has 0 spiro atoms. The van der Waals surface area contributed by atoms with E-state index in [9.17, 15) is 0 Å². The molecule has 1 aliphatic carbocycles. The predicted octanol–water partition coefficient (Wildman–Crippen LogP) is 7.59. The third-order valence-electron chi connectivity index (χ3n) is 7.36. The maximum atomic E-state index is 6.74. The Morgan fingerprint density at radius 1 is 1.16 bits per heavy atom. The van der Waals surface area contributed by atoms with Gasteiger partial charge in [0.15, 0.2) is 0 Å². The maximum absolute atomic E-state index is 6.74. The van der Waals surface area contributed by atoms with Crippen LogP contribution in [0.25, 0.3) is 5.57 Å². The van der Waals surface area contributed by atoms with E-state index in [-0.39, 0.29) is 6.04 Å². The lowest BCUT2D eigenvalue weighted by atomic mass is 9.84. The minimum atomic E-state index is 0.127. The topological polar surface area (TPSA) is 26.0 Å². The molecule has 0 heterocycles. The van der Waals surface area contributed by atoms with Crippen molar-refractivity contribution in [1.82, 2.24) is 0 Å². The third-order valence-corrected chi connectivity index (χ3v) is 7.36. The van der Waals surface area contributed by atoms with Gasteiger partial charge in [0.25, 0.3) is 0 Å². The number of benzene rings is 2. The molecule has 0 bridgehead atoms. The van der Waals surface area contributed by atoms with Crippen LogP contribution in [0.1, 0.15) is 79.3 Å². The van der Waals surface area contributed by atoms with Crippen molar-refractivity contribution < 1.29 is 0 Å². The van der Waals surface area contributed by atoms with Crippen LogP contribution in [0.5, 0.6) is 0 Å². The molecule has 1 fully saturated rings. The van der Waals surface area contributed by atoms with Gasteiger partial charge in [0.2, 0.25) is 0 Å². The quantitative estimate of drug-likeness (QED) is 0.485. The second-order valence-electron chi connectivity index (χ2n) is 9.55. The van der Waals surface area contributed by atoms with E-state index in [2.05, 4.69) is 90.3 Å². The summed E-state index contributed by atoms with van der Waals surface area (Å²) in [6.07, 6.45) is 4.13. The SMILES string of the molecule is C=C=C(Cc1cccc(C)c1C1C/C(=C(/C)c2ccc(C)cc2C)C(N)C1)C(C)CC. The first-order chi connectivity index (χ1) is 14.8. The minimum absolute atomic E-state index is 0.127. The zero-order valence-corrected chi connectivity index (χ0v) is 20.3. The Hall–Kier alpha value is -2.34. The largest absolute Gasteiger partial charge is 0.324 e. The summed E-state index contributed by atoms with van der Waals surface area (Å²) in [5.41, 5.74) is 22.4. The van der Waals surface area contributed by atoms with Crippen molar-refractivity contribution in [3.63, 3.8) is 0 Å². The van der Waals surface area contributed by atoms with Crippen LogP contribution in [0.15, 0.2) is 59.9 Å². The minimum Gasteiger partial charge on any atom is -0.324 e. The lowest BCUT2D eigenvalue weighted by Crippen LogP contribution is -2.18. The second kappa shape index (κ2) is 9.86. The molecule has 2 aromatic rings. The van der Waals surface area contributed by atoms with Gasteiger partial charge in [-0.25, -0.2) is 0 Å². The van der Waals surface area contributed by atoms with Crippen LogP contribution < -0.4 is 5.73 Å². The molecule has 3 rings (SSSR count). The van der Waals surface area contributed by atoms with Crippen LogP contribution in [0.3, 0.4) is 0 Å². The fourth-order valence-corrected chi connectivity index (χ4v) is 5.35. The van der Waals surface area contributed by atoms with Gasteiger partial charge in [-0.3, -0.25) is 0 Å². The van der Waals surface area contributed by atoms with Crippen molar-refractivity contribution in [1.29, 1.82) is 0 Å². The number of aryl methyl sites for hydroxylation is 3. The first-order valence-electron chi connectivity index (χ1n) is 11.8. The van der Waals surface area contributed by atoms with Crippen LogP contribution in [0.4, 0.5) is 0 Å². The lowest BCUT2D eigenvalue weighted by Gasteiger charge is -2.21. The van der Waals surface area contributed by atoms with Gasteiger partial charge in [-0.1, -0.05) is 62.4 Å². The molecule has 1 aliphatic rings. The molecule has 1 saturated carbocycles. The summed E-state index contributed by atoms with van der Waals surface area (Å²) >= 11 is 0. The first kappa shape index (κ1) is 23.3. The smallest absolute Gasteiger partial charge is 0.0265 e. The van der Waals surface area contributed by atoms with E-state index in [1.165, 1.54) is 50.1 Å². The average molecular weight is 414 g/mol. The molecular formula is C30H39N. The summed E-state index contributed by atoms with van der Waals surface area (Å²) in [5.74, 6) is 0.990. The van der Waals surface area contributed by atoms with Crippen LogP contribution in [0.2, 0.25) is 0 Å². The zero-order chi connectivity index (χ0) is 22.7. The maximum Gasteiger partial charge on any atom is 0.0265 e.